The smallest absolute Gasteiger partial charge is 0.264 e. The number of anilines is 1. The number of rotatable bonds is 13. The first kappa shape index (κ1) is 35.5. The summed E-state index contributed by atoms with van der Waals surface area (Å²) in [6.45, 7) is 5.66. The number of halogens is 3. The molecule has 0 spiro atoms. The molecule has 46 heavy (non-hydrogen) atoms. The first-order valence-corrected chi connectivity index (χ1v) is 17.7. The number of hydrogen-bond donors (Lipinski definition) is 1. The van der Waals surface area contributed by atoms with Crippen molar-refractivity contribution in [2.75, 3.05) is 17.4 Å². The van der Waals surface area contributed by atoms with E-state index in [1.807, 2.05) is 75.4 Å². The summed E-state index contributed by atoms with van der Waals surface area (Å²) in [4.78, 5) is 29.8. The van der Waals surface area contributed by atoms with Crippen LogP contribution in [0.2, 0.25) is 10.0 Å². The molecule has 242 valence electrons. The van der Waals surface area contributed by atoms with Gasteiger partial charge in [-0.15, -0.1) is 0 Å². The van der Waals surface area contributed by atoms with Gasteiger partial charge in [-0.05, 0) is 66.4 Å². The van der Waals surface area contributed by atoms with Crippen LogP contribution < -0.4 is 9.62 Å². The summed E-state index contributed by atoms with van der Waals surface area (Å²) in [6.07, 6.45) is 0.218. The number of aryl methyl sites for hydroxylation is 1. The summed E-state index contributed by atoms with van der Waals surface area (Å²) in [5.41, 5.74) is 2.54. The van der Waals surface area contributed by atoms with Crippen LogP contribution in [0.1, 0.15) is 30.5 Å². The maximum atomic E-state index is 14.6. The van der Waals surface area contributed by atoms with Gasteiger partial charge in [0.05, 0.1) is 15.6 Å². The molecule has 0 unspecified atom stereocenters. The van der Waals surface area contributed by atoms with Gasteiger partial charge >= 0.3 is 0 Å². The molecule has 1 N–H and O–H groups in total. The van der Waals surface area contributed by atoms with Crippen LogP contribution in [-0.4, -0.2) is 44.3 Å². The van der Waals surface area contributed by atoms with Crippen molar-refractivity contribution in [2.45, 2.75) is 44.7 Å². The molecule has 0 aliphatic carbocycles. The van der Waals surface area contributed by atoms with E-state index >= 15 is 0 Å². The lowest BCUT2D eigenvalue weighted by Gasteiger charge is -2.34. The van der Waals surface area contributed by atoms with Crippen LogP contribution in [0.15, 0.2) is 106 Å². The van der Waals surface area contributed by atoms with E-state index in [0.29, 0.717) is 6.54 Å². The second-order valence-corrected chi connectivity index (χ2v) is 15.0. The van der Waals surface area contributed by atoms with Crippen LogP contribution in [0.5, 0.6) is 0 Å². The first-order chi connectivity index (χ1) is 21.8. The Labute approximate surface area is 289 Å². The zero-order valence-corrected chi connectivity index (χ0v) is 29.7. The highest BCUT2D eigenvalue weighted by Gasteiger charge is 2.35. The van der Waals surface area contributed by atoms with Gasteiger partial charge in [0.1, 0.15) is 12.6 Å². The van der Waals surface area contributed by atoms with Crippen molar-refractivity contribution in [3.63, 3.8) is 0 Å². The molecule has 0 fully saturated rings. The second kappa shape index (κ2) is 16.0. The number of sulfonamides is 1. The lowest BCUT2D eigenvalue weighted by atomic mass is 10.0. The Bertz CT molecular complexity index is 1750. The van der Waals surface area contributed by atoms with Gasteiger partial charge in [-0.1, -0.05) is 113 Å². The number of benzene rings is 4. The zero-order valence-electron chi connectivity index (χ0n) is 25.8. The molecule has 0 saturated carbocycles. The third-order valence-corrected chi connectivity index (χ3v) is 10.1. The molecule has 0 heterocycles. The molecule has 4 aromatic rings. The van der Waals surface area contributed by atoms with E-state index in [0.717, 1.165) is 25.5 Å². The van der Waals surface area contributed by atoms with Crippen molar-refractivity contribution in [3.8, 4) is 0 Å². The number of carbonyl (C=O) groups is 2. The molecule has 1 atom stereocenters. The summed E-state index contributed by atoms with van der Waals surface area (Å²) in [6, 6.07) is 26.6. The largest absolute Gasteiger partial charge is 0.354 e. The number of hydrogen-bond acceptors (Lipinski definition) is 4. The minimum absolute atomic E-state index is 0.0167. The molecule has 0 aliphatic heterocycles. The van der Waals surface area contributed by atoms with Crippen LogP contribution in [0.4, 0.5) is 5.69 Å². The Balaban J connectivity index is 1.82. The zero-order chi connectivity index (χ0) is 33.4. The molecule has 0 aliphatic rings. The third kappa shape index (κ3) is 9.35. The monoisotopic (exact) mass is 743 g/mol. The normalized spacial score (nSPS) is 12.1. The fraction of sp³-hybridized carbons (Fsp3) is 0.257. The molecule has 0 bridgehead atoms. The van der Waals surface area contributed by atoms with Crippen molar-refractivity contribution in [1.29, 1.82) is 0 Å². The van der Waals surface area contributed by atoms with Crippen molar-refractivity contribution < 1.29 is 18.0 Å². The van der Waals surface area contributed by atoms with Crippen LogP contribution in [0, 0.1) is 12.8 Å². The number of carbonyl (C=O) groups excluding carboxylic acids is 2. The van der Waals surface area contributed by atoms with Crippen molar-refractivity contribution in [2.24, 2.45) is 5.92 Å². The quantitative estimate of drug-likeness (QED) is 0.152. The second-order valence-electron chi connectivity index (χ2n) is 11.4. The average molecular weight is 746 g/mol. The van der Waals surface area contributed by atoms with E-state index < -0.39 is 28.5 Å². The average Bonchev–Trinajstić information content (AvgIpc) is 3.03. The van der Waals surface area contributed by atoms with Crippen molar-refractivity contribution in [3.05, 3.63) is 128 Å². The SMILES string of the molecule is Cc1ccc(S(=O)(=O)N(CC(=O)N(Cc2ccc(Br)cc2)[C@@H](Cc2ccccc2)C(=O)NCC(C)C)c2cc(Cl)ccc2Cl)cc1. The molecule has 4 rings (SSSR count). The van der Waals surface area contributed by atoms with Gasteiger partial charge in [-0.25, -0.2) is 8.42 Å². The standard InChI is InChI=1S/C35H36BrCl2N3O4S/c1-24(2)21-39-35(43)33(19-26-7-5-4-6-8-26)40(22-27-11-13-28(36)14-12-27)34(42)23-41(32-20-29(37)15-18-31(32)38)46(44,45)30-16-9-25(3)10-17-30/h4-18,20,24,33H,19,21-23H2,1-3H3,(H,39,43)/t33-/m0/s1. The molecular formula is C35H36BrCl2N3O4S. The van der Waals surface area contributed by atoms with Gasteiger partial charge in [-0.3, -0.25) is 13.9 Å². The molecule has 0 aromatic heterocycles. The highest BCUT2D eigenvalue weighted by atomic mass is 79.9. The summed E-state index contributed by atoms with van der Waals surface area (Å²) in [5.74, 6) is -0.746. The minimum Gasteiger partial charge on any atom is -0.354 e. The maximum Gasteiger partial charge on any atom is 0.264 e. The van der Waals surface area contributed by atoms with E-state index in [4.69, 9.17) is 23.2 Å². The first-order valence-electron chi connectivity index (χ1n) is 14.7. The van der Waals surface area contributed by atoms with Gasteiger partial charge < -0.3 is 10.2 Å². The summed E-state index contributed by atoms with van der Waals surface area (Å²) >= 11 is 16.3. The number of amides is 2. The van der Waals surface area contributed by atoms with Gasteiger partial charge in [0, 0.05) is 29.0 Å². The van der Waals surface area contributed by atoms with Crippen molar-refractivity contribution >= 4 is 66.7 Å². The van der Waals surface area contributed by atoms with E-state index in [1.165, 1.54) is 29.2 Å². The topological polar surface area (TPSA) is 86.8 Å². The van der Waals surface area contributed by atoms with Gasteiger partial charge in [0.15, 0.2) is 0 Å². The lowest BCUT2D eigenvalue weighted by molar-refractivity contribution is -0.140. The highest BCUT2D eigenvalue weighted by Crippen LogP contribution is 2.33. The third-order valence-electron chi connectivity index (χ3n) is 7.29. The Morgan fingerprint density at radius 3 is 2.15 bits per heavy atom. The van der Waals surface area contributed by atoms with E-state index in [9.17, 15) is 18.0 Å². The predicted octanol–water partition coefficient (Wildman–Crippen LogP) is 7.67. The Hall–Kier alpha value is -3.37. The van der Waals surface area contributed by atoms with Gasteiger partial charge in [-0.2, -0.15) is 0 Å². The van der Waals surface area contributed by atoms with E-state index in [-0.39, 0.29) is 45.4 Å². The summed E-state index contributed by atoms with van der Waals surface area (Å²) < 4.78 is 30.2. The molecular weight excluding hydrogens is 709 g/mol. The summed E-state index contributed by atoms with van der Waals surface area (Å²) in [7, 11) is -4.31. The minimum atomic E-state index is -4.31. The van der Waals surface area contributed by atoms with Crippen LogP contribution in [0.25, 0.3) is 0 Å². The van der Waals surface area contributed by atoms with E-state index in [2.05, 4.69) is 21.2 Å². The number of nitrogens with one attached hydrogen (secondary N) is 1. The highest BCUT2D eigenvalue weighted by molar-refractivity contribution is 9.10. The van der Waals surface area contributed by atoms with Crippen LogP contribution in [-0.2, 0) is 32.6 Å². The Kier molecular flexibility index (Phi) is 12.3. The molecule has 4 aromatic carbocycles. The fourth-order valence-electron chi connectivity index (χ4n) is 4.79. The fourth-order valence-corrected chi connectivity index (χ4v) is 6.92. The molecule has 0 saturated heterocycles. The lowest BCUT2D eigenvalue weighted by Crippen LogP contribution is -2.53. The summed E-state index contributed by atoms with van der Waals surface area (Å²) in [5, 5.41) is 3.33. The Morgan fingerprint density at radius 1 is 0.870 bits per heavy atom. The van der Waals surface area contributed by atoms with Gasteiger partial charge in [0.25, 0.3) is 10.0 Å². The molecule has 7 nitrogen and oxygen atoms in total. The maximum absolute atomic E-state index is 14.6. The number of nitrogens with zero attached hydrogens (tertiary/aromatic N) is 2. The molecule has 0 radical (unpaired) electrons. The Morgan fingerprint density at radius 2 is 1.52 bits per heavy atom. The van der Waals surface area contributed by atoms with Crippen molar-refractivity contribution in [1.82, 2.24) is 10.2 Å². The molecule has 2 amide bonds. The predicted molar refractivity (Wildman–Crippen MR) is 189 cm³/mol. The van der Waals surface area contributed by atoms with Gasteiger partial charge in [0.2, 0.25) is 11.8 Å². The van der Waals surface area contributed by atoms with E-state index in [1.54, 1.807) is 18.2 Å². The van der Waals surface area contributed by atoms with Crippen LogP contribution in [0.3, 0.4) is 0 Å². The molecule has 11 heteroatoms. The van der Waals surface area contributed by atoms with Crippen LogP contribution >= 0.6 is 39.1 Å².